The molecule has 0 aliphatic rings. The van der Waals surface area contributed by atoms with Gasteiger partial charge in [0.2, 0.25) is 0 Å². The molecule has 0 atom stereocenters. The van der Waals surface area contributed by atoms with Crippen molar-refractivity contribution in [3.05, 3.63) is 29.6 Å². The summed E-state index contributed by atoms with van der Waals surface area (Å²) in [6, 6.07) is 3.31. The van der Waals surface area contributed by atoms with Gasteiger partial charge in [0.05, 0.1) is 10.9 Å². The van der Waals surface area contributed by atoms with Crippen LogP contribution in [0.3, 0.4) is 0 Å². The second-order valence-corrected chi connectivity index (χ2v) is 3.02. The van der Waals surface area contributed by atoms with Gasteiger partial charge in [-0.3, -0.25) is 0 Å². The van der Waals surface area contributed by atoms with Crippen LogP contribution in [-0.2, 0) is 0 Å². The predicted octanol–water partition coefficient (Wildman–Crippen LogP) is 3.17. The lowest BCUT2D eigenvalue weighted by Crippen LogP contribution is -2.03. The van der Waals surface area contributed by atoms with Gasteiger partial charge >= 0.3 is 6.61 Å². The topological polar surface area (TPSA) is 9.23 Å². The van der Waals surface area contributed by atoms with Crippen molar-refractivity contribution in [3.63, 3.8) is 0 Å². The molecule has 1 nitrogen and oxygen atoms in total. The first-order valence-corrected chi connectivity index (χ1v) is 5.05. The van der Waals surface area contributed by atoms with Gasteiger partial charge in [0, 0.05) is 6.07 Å². The van der Waals surface area contributed by atoms with Crippen molar-refractivity contribution in [2.45, 2.75) is 6.61 Å². The summed E-state index contributed by atoms with van der Waals surface area (Å²) in [6.07, 6.45) is 0. The lowest BCUT2D eigenvalue weighted by atomic mass is 10.2. The molecule has 0 spiro atoms. The molecule has 0 saturated heterocycles. The van der Waals surface area contributed by atoms with Crippen molar-refractivity contribution >= 4 is 15.9 Å². The number of ether oxygens (including phenoxy) is 1. The van der Waals surface area contributed by atoms with E-state index in [2.05, 4.69) is 32.5 Å². The van der Waals surface area contributed by atoms with Crippen LogP contribution < -0.4 is 4.74 Å². The van der Waals surface area contributed by atoms with Crippen molar-refractivity contribution in [1.29, 1.82) is 0 Å². The number of halogens is 4. The summed E-state index contributed by atoms with van der Waals surface area (Å²) in [5.41, 5.74) is 0.233. The number of alkyl halides is 3. The molecule has 0 N–H and O–H groups in total. The van der Waals surface area contributed by atoms with Crippen LogP contribution in [0, 0.1) is 17.7 Å². The monoisotopic (exact) mass is 278 g/mol. The van der Waals surface area contributed by atoms with E-state index in [9.17, 15) is 13.2 Å². The zero-order valence-corrected chi connectivity index (χ0v) is 9.02. The normalized spacial score (nSPS) is 9.67. The van der Waals surface area contributed by atoms with Crippen molar-refractivity contribution in [2.75, 3.05) is 5.33 Å². The minimum atomic E-state index is -2.99. The van der Waals surface area contributed by atoms with E-state index in [1.54, 1.807) is 0 Å². The number of rotatable bonds is 2. The molecule has 0 aromatic heterocycles. The Balaban J connectivity index is 3.03. The third-order valence-electron chi connectivity index (χ3n) is 1.45. The fourth-order valence-corrected chi connectivity index (χ4v) is 1.06. The zero-order chi connectivity index (χ0) is 11.3. The lowest BCUT2D eigenvalue weighted by molar-refractivity contribution is -0.0501. The first-order chi connectivity index (χ1) is 7.13. The third-order valence-corrected chi connectivity index (χ3v) is 1.73. The van der Waals surface area contributed by atoms with E-state index in [4.69, 9.17) is 0 Å². The van der Waals surface area contributed by atoms with Crippen LogP contribution >= 0.6 is 15.9 Å². The van der Waals surface area contributed by atoms with Crippen molar-refractivity contribution < 1.29 is 17.9 Å². The highest BCUT2D eigenvalue weighted by atomic mass is 79.9. The molecule has 0 unspecified atom stereocenters. The van der Waals surface area contributed by atoms with Gasteiger partial charge in [-0.1, -0.05) is 27.8 Å². The summed E-state index contributed by atoms with van der Waals surface area (Å²) >= 11 is 3.06. The Morgan fingerprint density at radius 3 is 2.73 bits per heavy atom. The summed E-state index contributed by atoms with van der Waals surface area (Å²) in [6.45, 7) is -2.99. The minimum Gasteiger partial charge on any atom is -0.433 e. The van der Waals surface area contributed by atoms with Gasteiger partial charge < -0.3 is 4.74 Å². The van der Waals surface area contributed by atoms with E-state index < -0.39 is 12.4 Å². The molecular weight excluding hydrogens is 273 g/mol. The second-order valence-electron chi connectivity index (χ2n) is 2.45. The molecule has 0 aliphatic heterocycles. The maximum atomic E-state index is 12.7. The number of hydrogen-bond donors (Lipinski definition) is 0. The van der Waals surface area contributed by atoms with E-state index in [0.29, 0.717) is 5.33 Å². The predicted molar refractivity (Wildman–Crippen MR) is 53.7 cm³/mol. The van der Waals surface area contributed by atoms with Gasteiger partial charge in [-0.25, -0.2) is 4.39 Å². The Morgan fingerprint density at radius 1 is 1.40 bits per heavy atom. The average molecular weight is 279 g/mol. The number of hydrogen-bond acceptors (Lipinski definition) is 1. The van der Waals surface area contributed by atoms with Crippen LogP contribution in [-0.4, -0.2) is 11.9 Å². The van der Waals surface area contributed by atoms with Crippen LogP contribution in [0.15, 0.2) is 18.2 Å². The molecule has 0 amide bonds. The van der Waals surface area contributed by atoms with Crippen LogP contribution in [0.2, 0.25) is 0 Å². The standard InChI is InChI=1S/C10H6BrF3O/c11-5-1-2-7-3-4-8(12)6-9(7)15-10(13)14/h3-4,6,10H,5H2. The fraction of sp³-hybridized carbons (Fsp3) is 0.200. The Labute approximate surface area is 93.4 Å². The van der Waals surface area contributed by atoms with Crippen molar-refractivity contribution in [1.82, 2.24) is 0 Å². The second kappa shape index (κ2) is 5.66. The average Bonchev–Trinajstić information content (AvgIpc) is 2.16. The van der Waals surface area contributed by atoms with Gasteiger partial charge in [0.1, 0.15) is 11.6 Å². The zero-order valence-electron chi connectivity index (χ0n) is 7.44. The van der Waals surface area contributed by atoms with E-state index in [-0.39, 0.29) is 11.3 Å². The summed E-state index contributed by atoms with van der Waals surface area (Å²) in [5, 5.41) is 0.401. The molecular formula is C10H6BrF3O. The van der Waals surface area contributed by atoms with E-state index in [1.165, 1.54) is 6.07 Å². The van der Waals surface area contributed by atoms with Crippen LogP contribution in [0.5, 0.6) is 5.75 Å². The lowest BCUT2D eigenvalue weighted by Gasteiger charge is -2.06. The first-order valence-electron chi connectivity index (χ1n) is 3.92. The molecule has 0 aliphatic carbocycles. The molecule has 5 heteroatoms. The van der Waals surface area contributed by atoms with Gasteiger partial charge in [0.15, 0.2) is 0 Å². The summed E-state index contributed by atoms with van der Waals surface area (Å²) in [7, 11) is 0. The minimum absolute atomic E-state index is 0.233. The SMILES string of the molecule is Fc1ccc(C#CCBr)c(OC(F)F)c1. The van der Waals surface area contributed by atoms with Crippen molar-refractivity contribution in [3.8, 4) is 17.6 Å². The Hall–Kier alpha value is -1.15. The molecule has 0 heterocycles. The molecule has 0 fully saturated rings. The Morgan fingerprint density at radius 2 is 2.13 bits per heavy atom. The molecule has 1 aromatic carbocycles. The maximum absolute atomic E-state index is 12.7. The summed E-state index contributed by atoms with van der Waals surface area (Å²) < 4.78 is 40.8. The largest absolute Gasteiger partial charge is 0.433 e. The molecule has 15 heavy (non-hydrogen) atoms. The van der Waals surface area contributed by atoms with Crippen LogP contribution in [0.1, 0.15) is 5.56 Å². The van der Waals surface area contributed by atoms with Gasteiger partial charge in [0.25, 0.3) is 0 Å². The molecule has 1 rings (SSSR count). The fourth-order valence-electron chi connectivity index (χ4n) is 0.922. The van der Waals surface area contributed by atoms with Crippen molar-refractivity contribution in [2.24, 2.45) is 0 Å². The van der Waals surface area contributed by atoms with Crippen LogP contribution in [0.4, 0.5) is 13.2 Å². The maximum Gasteiger partial charge on any atom is 0.387 e. The van der Waals surface area contributed by atoms with E-state index in [0.717, 1.165) is 12.1 Å². The molecule has 0 saturated carbocycles. The number of benzene rings is 1. The molecule has 0 bridgehead atoms. The molecule has 80 valence electrons. The smallest absolute Gasteiger partial charge is 0.387 e. The van der Waals surface area contributed by atoms with Gasteiger partial charge in [-0.15, -0.1) is 0 Å². The van der Waals surface area contributed by atoms with E-state index >= 15 is 0 Å². The van der Waals surface area contributed by atoms with Crippen LogP contribution in [0.25, 0.3) is 0 Å². The summed E-state index contributed by atoms with van der Waals surface area (Å²) in [5.74, 6) is 4.30. The Kier molecular flexibility index (Phi) is 4.50. The summed E-state index contributed by atoms with van der Waals surface area (Å²) in [4.78, 5) is 0. The highest BCUT2D eigenvalue weighted by Gasteiger charge is 2.09. The molecule has 1 aromatic rings. The highest BCUT2D eigenvalue weighted by Crippen LogP contribution is 2.21. The van der Waals surface area contributed by atoms with E-state index in [1.807, 2.05) is 0 Å². The van der Waals surface area contributed by atoms with Gasteiger partial charge in [-0.2, -0.15) is 8.78 Å². The molecule has 0 radical (unpaired) electrons. The highest BCUT2D eigenvalue weighted by molar-refractivity contribution is 9.09. The van der Waals surface area contributed by atoms with Gasteiger partial charge in [-0.05, 0) is 12.1 Å². The quantitative estimate of drug-likeness (QED) is 0.597. The Bertz CT molecular complexity index is 395. The first kappa shape index (κ1) is 11.9. The third kappa shape index (κ3) is 3.84.